The number of benzene rings is 1. The SMILES string of the molecule is Cc1ccc(F)c(-c2cnsc2)c1. The van der Waals surface area contributed by atoms with Crippen LogP contribution in [0.5, 0.6) is 0 Å². The van der Waals surface area contributed by atoms with Crippen LogP contribution in [-0.2, 0) is 0 Å². The molecule has 0 saturated heterocycles. The Hall–Kier alpha value is -1.22. The Kier molecular flexibility index (Phi) is 2.10. The van der Waals surface area contributed by atoms with Crippen LogP contribution in [0.4, 0.5) is 4.39 Å². The van der Waals surface area contributed by atoms with Gasteiger partial charge < -0.3 is 0 Å². The Morgan fingerprint density at radius 3 is 2.92 bits per heavy atom. The maximum atomic E-state index is 13.3. The first-order valence-electron chi connectivity index (χ1n) is 3.93. The van der Waals surface area contributed by atoms with Crippen LogP contribution in [0.25, 0.3) is 11.1 Å². The number of nitrogens with zero attached hydrogens (tertiary/aromatic N) is 1. The van der Waals surface area contributed by atoms with Gasteiger partial charge in [0.15, 0.2) is 0 Å². The lowest BCUT2D eigenvalue weighted by molar-refractivity contribution is 0.631. The Labute approximate surface area is 80.0 Å². The van der Waals surface area contributed by atoms with E-state index < -0.39 is 0 Å². The molecule has 2 rings (SSSR count). The normalized spacial score (nSPS) is 10.3. The lowest BCUT2D eigenvalue weighted by Crippen LogP contribution is -1.83. The highest BCUT2D eigenvalue weighted by Crippen LogP contribution is 2.24. The average molecular weight is 193 g/mol. The minimum Gasteiger partial charge on any atom is -0.206 e. The van der Waals surface area contributed by atoms with Crippen molar-refractivity contribution in [1.82, 2.24) is 4.37 Å². The van der Waals surface area contributed by atoms with Crippen LogP contribution in [0, 0.1) is 12.7 Å². The van der Waals surface area contributed by atoms with Crippen molar-refractivity contribution in [3.05, 3.63) is 41.2 Å². The van der Waals surface area contributed by atoms with E-state index in [2.05, 4.69) is 4.37 Å². The van der Waals surface area contributed by atoms with Crippen molar-refractivity contribution >= 4 is 11.5 Å². The minimum atomic E-state index is -0.189. The molecule has 0 atom stereocenters. The van der Waals surface area contributed by atoms with Crippen LogP contribution in [-0.4, -0.2) is 4.37 Å². The van der Waals surface area contributed by atoms with Gasteiger partial charge >= 0.3 is 0 Å². The largest absolute Gasteiger partial charge is 0.206 e. The van der Waals surface area contributed by atoms with Gasteiger partial charge in [0.1, 0.15) is 5.82 Å². The highest BCUT2D eigenvalue weighted by Gasteiger charge is 2.05. The molecule has 0 unspecified atom stereocenters. The van der Waals surface area contributed by atoms with Crippen molar-refractivity contribution < 1.29 is 4.39 Å². The average Bonchev–Trinajstić information content (AvgIpc) is 2.61. The minimum absolute atomic E-state index is 0.189. The molecule has 0 aliphatic heterocycles. The van der Waals surface area contributed by atoms with Crippen LogP contribution in [0.3, 0.4) is 0 Å². The molecule has 0 aliphatic rings. The predicted octanol–water partition coefficient (Wildman–Crippen LogP) is 3.26. The second kappa shape index (κ2) is 3.26. The third-order valence-corrected chi connectivity index (χ3v) is 2.45. The van der Waals surface area contributed by atoms with Gasteiger partial charge in [0.2, 0.25) is 0 Å². The quantitative estimate of drug-likeness (QED) is 0.677. The van der Waals surface area contributed by atoms with Gasteiger partial charge in [-0.1, -0.05) is 11.6 Å². The first-order chi connectivity index (χ1) is 6.27. The van der Waals surface area contributed by atoms with Gasteiger partial charge in [-0.3, -0.25) is 0 Å². The topological polar surface area (TPSA) is 12.9 Å². The summed E-state index contributed by atoms with van der Waals surface area (Å²) in [6.07, 6.45) is 1.68. The molecule has 1 aromatic carbocycles. The van der Waals surface area contributed by atoms with Crippen LogP contribution in [0.15, 0.2) is 29.8 Å². The molecule has 0 aliphatic carbocycles. The molecule has 0 radical (unpaired) electrons. The van der Waals surface area contributed by atoms with Gasteiger partial charge in [-0.2, -0.15) is 0 Å². The maximum absolute atomic E-state index is 13.3. The van der Waals surface area contributed by atoms with Gasteiger partial charge in [-0.05, 0) is 30.6 Å². The molecule has 1 aromatic heterocycles. The molecule has 13 heavy (non-hydrogen) atoms. The molecule has 0 fully saturated rings. The number of halogens is 1. The van der Waals surface area contributed by atoms with Crippen molar-refractivity contribution in [1.29, 1.82) is 0 Å². The zero-order chi connectivity index (χ0) is 9.26. The smallest absolute Gasteiger partial charge is 0.131 e. The van der Waals surface area contributed by atoms with Crippen LogP contribution in [0.1, 0.15) is 5.56 Å². The fraction of sp³-hybridized carbons (Fsp3) is 0.100. The highest BCUT2D eigenvalue weighted by molar-refractivity contribution is 7.03. The third-order valence-electron chi connectivity index (χ3n) is 1.87. The molecular weight excluding hydrogens is 185 g/mol. The molecule has 0 saturated carbocycles. The summed E-state index contributed by atoms with van der Waals surface area (Å²) in [5.74, 6) is -0.189. The van der Waals surface area contributed by atoms with Crippen molar-refractivity contribution in [2.24, 2.45) is 0 Å². The molecule has 1 nitrogen and oxygen atoms in total. The van der Waals surface area contributed by atoms with E-state index in [0.717, 1.165) is 11.1 Å². The Morgan fingerprint density at radius 1 is 1.38 bits per heavy atom. The van der Waals surface area contributed by atoms with Crippen molar-refractivity contribution in [2.75, 3.05) is 0 Å². The number of hydrogen-bond donors (Lipinski definition) is 0. The zero-order valence-electron chi connectivity index (χ0n) is 7.12. The van der Waals surface area contributed by atoms with Gasteiger partial charge in [-0.25, -0.2) is 8.76 Å². The molecule has 2 aromatic rings. The molecule has 0 N–H and O–H groups in total. The summed E-state index contributed by atoms with van der Waals surface area (Å²) in [5, 5.41) is 1.85. The van der Waals surface area contributed by atoms with E-state index in [9.17, 15) is 4.39 Å². The fourth-order valence-electron chi connectivity index (χ4n) is 1.20. The monoisotopic (exact) mass is 193 g/mol. The molecule has 66 valence electrons. The lowest BCUT2D eigenvalue weighted by atomic mass is 10.1. The maximum Gasteiger partial charge on any atom is 0.131 e. The molecule has 3 heteroatoms. The van der Waals surface area contributed by atoms with Crippen molar-refractivity contribution in [2.45, 2.75) is 6.92 Å². The van der Waals surface area contributed by atoms with Crippen molar-refractivity contribution in [3.8, 4) is 11.1 Å². The first kappa shape index (κ1) is 8.38. The van der Waals surface area contributed by atoms with Gasteiger partial charge in [0.25, 0.3) is 0 Å². The van der Waals surface area contributed by atoms with Crippen molar-refractivity contribution in [3.63, 3.8) is 0 Å². The molecule has 0 spiro atoms. The van der Waals surface area contributed by atoms with Gasteiger partial charge in [0, 0.05) is 22.7 Å². The Bertz CT molecular complexity index is 409. The van der Waals surface area contributed by atoms with E-state index in [-0.39, 0.29) is 5.82 Å². The summed E-state index contributed by atoms with van der Waals surface area (Å²) in [7, 11) is 0. The standard InChI is InChI=1S/C10H8FNS/c1-7-2-3-10(11)9(4-7)8-5-12-13-6-8/h2-6H,1H3. The van der Waals surface area contributed by atoms with Crippen LogP contribution >= 0.6 is 11.5 Å². The fourth-order valence-corrected chi connectivity index (χ4v) is 1.73. The second-order valence-electron chi connectivity index (χ2n) is 2.90. The summed E-state index contributed by atoms with van der Waals surface area (Å²) in [6, 6.07) is 5.08. The number of aryl methyl sites for hydroxylation is 1. The summed E-state index contributed by atoms with van der Waals surface area (Å²) in [5.41, 5.74) is 2.54. The second-order valence-corrected chi connectivity index (χ2v) is 3.55. The number of hydrogen-bond acceptors (Lipinski definition) is 2. The number of rotatable bonds is 1. The van der Waals surface area contributed by atoms with Crippen LogP contribution < -0.4 is 0 Å². The Morgan fingerprint density at radius 2 is 2.23 bits per heavy atom. The van der Waals surface area contributed by atoms with E-state index in [1.807, 2.05) is 18.4 Å². The van der Waals surface area contributed by atoms with Gasteiger partial charge in [-0.15, -0.1) is 0 Å². The summed E-state index contributed by atoms with van der Waals surface area (Å²) < 4.78 is 17.3. The lowest BCUT2D eigenvalue weighted by Gasteiger charge is -2.00. The first-order valence-corrected chi connectivity index (χ1v) is 4.77. The van der Waals surface area contributed by atoms with E-state index in [4.69, 9.17) is 0 Å². The van der Waals surface area contributed by atoms with Crippen LogP contribution in [0.2, 0.25) is 0 Å². The summed E-state index contributed by atoms with van der Waals surface area (Å²) in [4.78, 5) is 0. The Balaban J connectivity index is 2.57. The van der Waals surface area contributed by atoms with E-state index in [1.165, 1.54) is 17.6 Å². The zero-order valence-corrected chi connectivity index (χ0v) is 7.94. The summed E-state index contributed by atoms with van der Waals surface area (Å²) in [6.45, 7) is 1.95. The molecule has 0 amide bonds. The van der Waals surface area contributed by atoms with Gasteiger partial charge in [0.05, 0.1) is 0 Å². The van der Waals surface area contributed by atoms with E-state index in [0.29, 0.717) is 5.56 Å². The number of aromatic nitrogens is 1. The molecule has 1 heterocycles. The predicted molar refractivity (Wildman–Crippen MR) is 52.2 cm³/mol. The molecule has 0 bridgehead atoms. The van der Waals surface area contributed by atoms with E-state index in [1.54, 1.807) is 12.3 Å². The third kappa shape index (κ3) is 1.60. The molecular formula is C10H8FNS. The highest BCUT2D eigenvalue weighted by atomic mass is 32.1. The van der Waals surface area contributed by atoms with E-state index >= 15 is 0 Å². The summed E-state index contributed by atoms with van der Waals surface area (Å²) >= 11 is 1.33.